The lowest BCUT2D eigenvalue weighted by Gasteiger charge is -2.09. The summed E-state index contributed by atoms with van der Waals surface area (Å²) in [5.74, 6) is -0.783. The topological polar surface area (TPSA) is 62.1 Å². The fraction of sp³-hybridized carbons (Fsp3) is 0.0667. The van der Waals surface area contributed by atoms with Gasteiger partial charge in [-0.1, -0.05) is 41.9 Å². The van der Waals surface area contributed by atoms with Gasteiger partial charge in [0.15, 0.2) is 0 Å². The van der Waals surface area contributed by atoms with Gasteiger partial charge >= 0.3 is 6.09 Å². The molecule has 21 heavy (non-hydrogen) atoms. The van der Waals surface area contributed by atoms with Crippen LogP contribution in [0, 0.1) is 17.1 Å². The van der Waals surface area contributed by atoms with Gasteiger partial charge in [-0.15, -0.1) is 0 Å². The van der Waals surface area contributed by atoms with E-state index in [9.17, 15) is 9.18 Å². The highest BCUT2D eigenvalue weighted by Crippen LogP contribution is 2.26. The first-order chi connectivity index (χ1) is 10.1. The molecule has 0 saturated heterocycles. The molecule has 0 saturated carbocycles. The zero-order valence-corrected chi connectivity index (χ0v) is 11.5. The second-order valence-corrected chi connectivity index (χ2v) is 4.50. The lowest BCUT2D eigenvalue weighted by molar-refractivity contribution is 0.155. The van der Waals surface area contributed by atoms with E-state index in [1.54, 1.807) is 18.2 Å². The summed E-state index contributed by atoms with van der Waals surface area (Å²) in [6, 6.07) is 13.1. The molecule has 0 aromatic heterocycles. The third-order valence-electron chi connectivity index (χ3n) is 2.61. The van der Waals surface area contributed by atoms with Gasteiger partial charge in [0.2, 0.25) is 0 Å². The maximum atomic E-state index is 13.5. The highest BCUT2D eigenvalue weighted by atomic mass is 35.5. The van der Waals surface area contributed by atoms with Gasteiger partial charge in [-0.05, 0) is 17.7 Å². The van der Waals surface area contributed by atoms with Crippen molar-refractivity contribution in [3.63, 3.8) is 0 Å². The van der Waals surface area contributed by atoms with Crippen molar-refractivity contribution in [2.75, 3.05) is 5.32 Å². The van der Waals surface area contributed by atoms with Gasteiger partial charge in [0.25, 0.3) is 0 Å². The van der Waals surface area contributed by atoms with Gasteiger partial charge in [0.05, 0.1) is 17.3 Å². The summed E-state index contributed by atoms with van der Waals surface area (Å²) < 4.78 is 18.4. The standard InChI is InChI=1S/C15H10ClFN2O2/c16-14-12(17)6-11(8-18)7-13(14)19-15(20)21-9-10-4-2-1-3-5-10/h1-7H,9H2,(H,19,20). The lowest BCUT2D eigenvalue weighted by atomic mass is 10.2. The Morgan fingerprint density at radius 2 is 2.05 bits per heavy atom. The summed E-state index contributed by atoms with van der Waals surface area (Å²) in [5.41, 5.74) is 0.859. The zero-order chi connectivity index (χ0) is 15.2. The molecular formula is C15H10ClFN2O2. The summed E-state index contributed by atoms with van der Waals surface area (Å²) in [6.07, 6.45) is -0.782. The molecule has 0 aliphatic carbocycles. The van der Waals surface area contributed by atoms with Crippen molar-refractivity contribution < 1.29 is 13.9 Å². The van der Waals surface area contributed by atoms with Crippen LogP contribution in [-0.2, 0) is 11.3 Å². The quantitative estimate of drug-likeness (QED) is 0.928. The van der Waals surface area contributed by atoms with Crippen molar-refractivity contribution in [2.24, 2.45) is 0 Å². The van der Waals surface area contributed by atoms with Gasteiger partial charge < -0.3 is 4.74 Å². The first-order valence-electron chi connectivity index (χ1n) is 5.97. The van der Waals surface area contributed by atoms with Crippen molar-refractivity contribution >= 4 is 23.4 Å². The number of rotatable bonds is 3. The van der Waals surface area contributed by atoms with Crippen LogP contribution in [0.4, 0.5) is 14.9 Å². The van der Waals surface area contributed by atoms with Gasteiger partial charge in [-0.25, -0.2) is 9.18 Å². The average molecular weight is 305 g/mol. The van der Waals surface area contributed by atoms with Crippen molar-refractivity contribution in [3.8, 4) is 6.07 Å². The Kier molecular flexibility index (Phi) is 4.75. The summed E-state index contributed by atoms with van der Waals surface area (Å²) in [4.78, 5) is 11.7. The van der Waals surface area contributed by atoms with E-state index in [4.69, 9.17) is 21.6 Å². The average Bonchev–Trinajstić information content (AvgIpc) is 2.50. The molecule has 0 radical (unpaired) electrons. The van der Waals surface area contributed by atoms with Gasteiger partial charge in [-0.3, -0.25) is 5.32 Å². The molecule has 2 aromatic carbocycles. The van der Waals surface area contributed by atoms with Gasteiger partial charge in [0.1, 0.15) is 17.4 Å². The molecule has 1 N–H and O–H groups in total. The molecule has 0 aliphatic rings. The maximum Gasteiger partial charge on any atom is 0.412 e. The van der Waals surface area contributed by atoms with Gasteiger partial charge in [-0.2, -0.15) is 5.26 Å². The number of amides is 1. The van der Waals surface area contributed by atoms with E-state index in [2.05, 4.69) is 5.32 Å². The predicted molar refractivity (Wildman–Crippen MR) is 76.4 cm³/mol. The Bertz CT molecular complexity index is 699. The van der Waals surface area contributed by atoms with E-state index in [0.29, 0.717) is 0 Å². The number of hydrogen-bond donors (Lipinski definition) is 1. The normalized spacial score (nSPS) is 9.76. The Morgan fingerprint density at radius 3 is 2.71 bits per heavy atom. The molecule has 6 heteroatoms. The largest absolute Gasteiger partial charge is 0.444 e. The second-order valence-electron chi connectivity index (χ2n) is 4.12. The van der Waals surface area contributed by atoms with E-state index < -0.39 is 11.9 Å². The summed E-state index contributed by atoms with van der Waals surface area (Å²) in [6.45, 7) is 0.0741. The van der Waals surface area contributed by atoms with E-state index in [1.807, 2.05) is 18.2 Å². The van der Waals surface area contributed by atoms with Crippen molar-refractivity contribution in [3.05, 3.63) is 64.4 Å². The Hall–Kier alpha value is -2.58. The Morgan fingerprint density at radius 1 is 1.33 bits per heavy atom. The molecule has 1 amide bonds. The van der Waals surface area contributed by atoms with Crippen molar-refractivity contribution in [1.82, 2.24) is 0 Å². The number of anilines is 1. The molecule has 4 nitrogen and oxygen atoms in total. The smallest absolute Gasteiger partial charge is 0.412 e. The van der Waals surface area contributed by atoms with Crippen LogP contribution in [0.2, 0.25) is 5.02 Å². The fourth-order valence-corrected chi connectivity index (χ4v) is 1.77. The molecule has 0 unspecified atom stereocenters. The van der Waals surface area contributed by atoms with Crippen LogP contribution in [-0.4, -0.2) is 6.09 Å². The number of benzene rings is 2. The number of halogens is 2. The molecule has 0 heterocycles. The molecular weight excluding hydrogens is 295 g/mol. The number of hydrogen-bond acceptors (Lipinski definition) is 3. The van der Waals surface area contributed by atoms with E-state index >= 15 is 0 Å². The highest BCUT2D eigenvalue weighted by molar-refractivity contribution is 6.33. The van der Waals surface area contributed by atoms with Crippen LogP contribution < -0.4 is 5.32 Å². The first-order valence-corrected chi connectivity index (χ1v) is 6.35. The fourth-order valence-electron chi connectivity index (χ4n) is 1.61. The molecule has 2 rings (SSSR count). The Balaban J connectivity index is 2.03. The molecule has 0 fully saturated rings. The SMILES string of the molecule is N#Cc1cc(F)c(Cl)c(NC(=O)OCc2ccccc2)c1. The zero-order valence-electron chi connectivity index (χ0n) is 10.8. The molecule has 0 atom stereocenters. The number of ether oxygens (including phenoxy) is 1. The molecule has 106 valence electrons. The number of nitrogens with zero attached hydrogens (tertiary/aromatic N) is 1. The maximum absolute atomic E-state index is 13.5. The van der Waals surface area contributed by atoms with Crippen LogP contribution in [0.15, 0.2) is 42.5 Å². The van der Waals surface area contributed by atoms with Crippen LogP contribution in [0.25, 0.3) is 0 Å². The molecule has 0 spiro atoms. The third-order valence-corrected chi connectivity index (χ3v) is 2.99. The number of nitriles is 1. The van der Waals surface area contributed by atoms with Crippen LogP contribution in [0.1, 0.15) is 11.1 Å². The minimum atomic E-state index is -0.783. The number of nitrogens with one attached hydrogen (secondary N) is 1. The highest BCUT2D eigenvalue weighted by Gasteiger charge is 2.12. The third kappa shape index (κ3) is 3.94. The second kappa shape index (κ2) is 6.73. The van der Waals surface area contributed by atoms with E-state index in [1.165, 1.54) is 6.07 Å². The van der Waals surface area contributed by atoms with Gasteiger partial charge in [0, 0.05) is 0 Å². The van der Waals surface area contributed by atoms with E-state index in [-0.39, 0.29) is 22.9 Å². The monoisotopic (exact) mass is 304 g/mol. The predicted octanol–water partition coefficient (Wildman–Crippen LogP) is 4.10. The Labute approximate surface area is 125 Å². The van der Waals surface area contributed by atoms with Crippen molar-refractivity contribution in [2.45, 2.75) is 6.61 Å². The van der Waals surface area contributed by atoms with Crippen LogP contribution in [0.5, 0.6) is 0 Å². The van der Waals surface area contributed by atoms with E-state index in [0.717, 1.165) is 11.6 Å². The lowest BCUT2D eigenvalue weighted by Crippen LogP contribution is -2.14. The number of carbonyl (C=O) groups is 1. The molecule has 0 aliphatic heterocycles. The van der Waals surface area contributed by atoms with Crippen LogP contribution in [0.3, 0.4) is 0 Å². The van der Waals surface area contributed by atoms with Crippen molar-refractivity contribution in [1.29, 1.82) is 5.26 Å². The van der Waals surface area contributed by atoms with Crippen LogP contribution >= 0.6 is 11.6 Å². The minimum absolute atomic E-state index is 0.00808. The summed E-state index contributed by atoms with van der Waals surface area (Å²) in [5, 5.41) is 10.8. The molecule has 0 bridgehead atoms. The first kappa shape index (κ1) is 14.8. The minimum Gasteiger partial charge on any atom is -0.444 e. The molecule has 2 aromatic rings. The summed E-state index contributed by atoms with van der Waals surface area (Å²) >= 11 is 5.73. The number of carbonyl (C=O) groups excluding carboxylic acids is 1. The summed E-state index contributed by atoms with van der Waals surface area (Å²) in [7, 11) is 0.